The van der Waals surface area contributed by atoms with Crippen LogP contribution in [0.2, 0.25) is 0 Å². The van der Waals surface area contributed by atoms with Crippen LogP contribution in [0.15, 0.2) is 12.1 Å². The Morgan fingerprint density at radius 2 is 1.48 bits per heavy atom. The van der Waals surface area contributed by atoms with Crippen molar-refractivity contribution >= 4 is 12.4 Å². The van der Waals surface area contributed by atoms with E-state index in [-0.39, 0.29) is 12.4 Å². The molecule has 0 heterocycles. The van der Waals surface area contributed by atoms with Crippen LogP contribution < -0.4 is 19.9 Å². The average Bonchev–Trinajstić information content (AvgIpc) is 2.44. The van der Waals surface area contributed by atoms with Crippen molar-refractivity contribution in [1.82, 2.24) is 0 Å². The van der Waals surface area contributed by atoms with Crippen molar-refractivity contribution in [1.29, 1.82) is 0 Å². The summed E-state index contributed by atoms with van der Waals surface area (Å²) < 4.78 is 15.8. The molecule has 1 aromatic rings. The zero-order valence-electron chi connectivity index (χ0n) is 13.3. The van der Waals surface area contributed by atoms with Gasteiger partial charge >= 0.3 is 0 Å². The Balaban J connectivity index is 0.00000400. The molecule has 0 amide bonds. The van der Waals surface area contributed by atoms with Crippen LogP contribution in [0.1, 0.15) is 31.9 Å². The third-order valence-corrected chi connectivity index (χ3v) is 3.22. The smallest absolute Gasteiger partial charge is 0.164 e. The summed E-state index contributed by atoms with van der Waals surface area (Å²) in [5.74, 6) is 2.08. The topological polar surface area (TPSA) is 73.9 Å². The molecule has 1 aromatic carbocycles. The van der Waals surface area contributed by atoms with Gasteiger partial charge in [0, 0.05) is 11.6 Å². The quantitative estimate of drug-likeness (QED) is 0.808. The Kier molecular flexibility index (Phi) is 8.47. The summed E-state index contributed by atoms with van der Waals surface area (Å²) in [5, 5.41) is 10.2. The van der Waals surface area contributed by atoms with Crippen molar-refractivity contribution in [2.75, 3.05) is 21.3 Å². The van der Waals surface area contributed by atoms with E-state index in [1.807, 2.05) is 13.8 Å². The van der Waals surface area contributed by atoms with Gasteiger partial charge in [-0.2, -0.15) is 0 Å². The standard InChI is InChI=1S/C15H25NO4.ClH/c1-9(2)6-11(17)15(16)10-7-13(19-4)14(20-5)8-12(10)18-3;/h7-9,11,15,17H,6,16H2,1-5H3;1H/t11-,15+;/m0./s1. The van der Waals surface area contributed by atoms with Gasteiger partial charge in [0.15, 0.2) is 11.5 Å². The minimum absolute atomic E-state index is 0. The third kappa shape index (κ3) is 4.95. The molecule has 0 saturated heterocycles. The molecular weight excluding hydrogens is 294 g/mol. The van der Waals surface area contributed by atoms with E-state index in [9.17, 15) is 5.11 Å². The van der Waals surface area contributed by atoms with Gasteiger partial charge in [0.2, 0.25) is 0 Å². The van der Waals surface area contributed by atoms with Gasteiger partial charge in [-0.3, -0.25) is 0 Å². The first kappa shape index (κ1) is 19.8. The highest BCUT2D eigenvalue weighted by Crippen LogP contribution is 2.38. The Morgan fingerprint density at radius 1 is 1.00 bits per heavy atom. The molecule has 0 fully saturated rings. The van der Waals surface area contributed by atoms with Crippen molar-refractivity contribution < 1.29 is 19.3 Å². The van der Waals surface area contributed by atoms with Gasteiger partial charge in [0.05, 0.1) is 33.5 Å². The molecule has 1 rings (SSSR count). The van der Waals surface area contributed by atoms with E-state index in [1.165, 1.54) is 0 Å². The number of halogens is 1. The largest absolute Gasteiger partial charge is 0.496 e. The maximum absolute atomic E-state index is 10.2. The number of methoxy groups -OCH3 is 3. The van der Waals surface area contributed by atoms with Crippen molar-refractivity contribution in [2.24, 2.45) is 11.7 Å². The SMILES string of the molecule is COc1cc(OC)c([C@@H](N)[C@@H](O)CC(C)C)cc1OC.Cl. The van der Waals surface area contributed by atoms with Crippen molar-refractivity contribution in [2.45, 2.75) is 32.4 Å². The summed E-state index contributed by atoms with van der Waals surface area (Å²) in [6.45, 7) is 4.09. The molecule has 0 aliphatic rings. The van der Waals surface area contributed by atoms with Gasteiger partial charge < -0.3 is 25.1 Å². The van der Waals surface area contributed by atoms with Gasteiger partial charge in [-0.1, -0.05) is 13.8 Å². The van der Waals surface area contributed by atoms with Crippen LogP contribution in [0.5, 0.6) is 17.2 Å². The first-order chi connectivity index (χ1) is 9.44. The fourth-order valence-corrected chi connectivity index (χ4v) is 2.15. The number of hydrogen-bond donors (Lipinski definition) is 2. The lowest BCUT2D eigenvalue weighted by Crippen LogP contribution is -2.28. The molecule has 122 valence electrons. The normalized spacial score (nSPS) is 13.3. The third-order valence-electron chi connectivity index (χ3n) is 3.22. The maximum Gasteiger partial charge on any atom is 0.164 e. The van der Waals surface area contributed by atoms with E-state index in [0.717, 1.165) is 0 Å². The molecule has 3 N–H and O–H groups in total. The molecule has 0 unspecified atom stereocenters. The lowest BCUT2D eigenvalue weighted by atomic mass is 9.94. The molecule has 5 nitrogen and oxygen atoms in total. The molecule has 0 bridgehead atoms. The number of ether oxygens (including phenoxy) is 3. The molecule has 2 atom stereocenters. The van der Waals surface area contributed by atoms with E-state index >= 15 is 0 Å². The van der Waals surface area contributed by atoms with Gasteiger partial charge in [0.25, 0.3) is 0 Å². The van der Waals surface area contributed by atoms with E-state index in [2.05, 4.69) is 0 Å². The van der Waals surface area contributed by atoms with E-state index in [4.69, 9.17) is 19.9 Å². The lowest BCUT2D eigenvalue weighted by molar-refractivity contribution is 0.119. The Hall–Kier alpha value is -1.17. The molecule has 0 spiro atoms. The highest BCUT2D eigenvalue weighted by molar-refractivity contribution is 5.85. The van der Waals surface area contributed by atoms with Gasteiger partial charge in [-0.25, -0.2) is 0 Å². The molecule has 0 aliphatic carbocycles. The van der Waals surface area contributed by atoms with Crippen molar-refractivity contribution in [3.63, 3.8) is 0 Å². The number of hydrogen-bond acceptors (Lipinski definition) is 5. The van der Waals surface area contributed by atoms with Gasteiger partial charge in [-0.05, 0) is 18.4 Å². The van der Waals surface area contributed by atoms with Crippen molar-refractivity contribution in [3.05, 3.63) is 17.7 Å². The van der Waals surface area contributed by atoms with E-state index < -0.39 is 12.1 Å². The van der Waals surface area contributed by atoms with Crippen molar-refractivity contribution in [3.8, 4) is 17.2 Å². The summed E-state index contributed by atoms with van der Waals surface area (Å²) in [6, 6.07) is 2.94. The molecule has 0 aliphatic heterocycles. The molecule has 0 aromatic heterocycles. The predicted octanol–water partition coefficient (Wildman–Crippen LogP) is 2.54. The fraction of sp³-hybridized carbons (Fsp3) is 0.600. The fourth-order valence-electron chi connectivity index (χ4n) is 2.15. The monoisotopic (exact) mass is 319 g/mol. The summed E-state index contributed by atoms with van der Waals surface area (Å²) in [7, 11) is 4.68. The van der Waals surface area contributed by atoms with Crippen LogP contribution in [0.4, 0.5) is 0 Å². The number of nitrogens with two attached hydrogens (primary N) is 1. The van der Waals surface area contributed by atoms with E-state index in [1.54, 1.807) is 33.5 Å². The van der Waals surface area contributed by atoms with Crippen LogP contribution in [0, 0.1) is 5.92 Å². The van der Waals surface area contributed by atoms with Crippen LogP contribution in [-0.4, -0.2) is 32.5 Å². The van der Waals surface area contributed by atoms with Crippen LogP contribution in [0.3, 0.4) is 0 Å². The summed E-state index contributed by atoms with van der Waals surface area (Å²) >= 11 is 0. The second-order valence-electron chi connectivity index (χ2n) is 5.17. The Labute approximate surface area is 132 Å². The predicted molar refractivity (Wildman–Crippen MR) is 85.7 cm³/mol. The zero-order valence-corrected chi connectivity index (χ0v) is 14.1. The highest BCUT2D eigenvalue weighted by Gasteiger charge is 2.23. The Morgan fingerprint density at radius 3 is 1.90 bits per heavy atom. The molecule has 6 heteroatoms. The maximum atomic E-state index is 10.2. The van der Waals surface area contributed by atoms with Crippen LogP contribution in [-0.2, 0) is 0 Å². The second kappa shape index (κ2) is 8.97. The Bertz CT molecular complexity index is 440. The molecule has 0 radical (unpaired) electrons. The first-order valence-electron chi connectivity index (χ1n) is 6.68. The number of aliphatic hydroxyl groups is 1. The molecule has 21 heavy (non-hydrogen) atoms. The van der Waals surface area contributed by atoms with Gasteiger partial charge in [-0.15, -0.1) is 12.4 Å². The molecule has 0 saturated carbocycles. The number of benzene rings is 1. The first-order valence-corrected chi connectivity index (χ1v) is 6.68. The van der Waals surface area contributed by atoms with Crippen LogP contribution >= 0.6 is 12.4 Å². The summed E-state index contributed by atoms with van der Waals surface area (Å²) in [6.07, 6.45) is -0.0134. The average molecular weight is 320 g/mol. The van der Waals surface area contributed by atoms with E-state index in [0.29, 0.717) is 35.2 Å². The minimum atomic E-state index is -0.637. The zero-order chi connectivity index (χ0) is 15.3. The second-order valence-corrected chi connectivity index (χ2v) is 5.17. The van der Waals surface area contributed by atoms with Crippen LogP contribution in [0.25, 0.3) is 0 Å². The highest BCUT2D eigenvalue weighted by atomic mass is 35.5. The number of rotatable bonds is 7. The molecular formula is C15H26ClNO4. The summed E-state index contributed by atoms with van der Waals surface area (Å²) in [4.78, 5) is 0. The number of aliphatic hydroxyl groups excluding tert-OH is 1. The lowest BCUT2D eigenvalue weighted by Gasteiger charge is -2.23. The van der Waals surface area contributed by atoms with Gasteiger partial charge in [0.1, 0.15) is 5.75 Å². The summed E-state index contributed by atoms with van der Waals surface area (Å²) in [5.41, 5.74) is 6.86. The minimum Gasteiger partial charge on any atom is -0.496 e.